The number of thioether (sulfide) groups is 1. The predicted molar refractivity (Wildman–Crippen MR) is 77.8 cm³/mol. The Morgan fingerprint density at radius 2 is 2.11 bits per heavy atom. The maximum atomic E-state index is 11.3. The minimum Gasteiger partial charge on any atom is -0.316 e. The van der Waals surface area contributed by atoms with Crippen molar-refractivity contribution in [3.05, 3.63) is 20.7 Å². The third-order valence-electron chi connectivity index (χ3n) is 3.03. The van der Waals surface area contributed by atoms with Gasteiger partial charge in [-0.05, 0) is 19.9 Å². The van der Waals surface area contributed by atoms with E-state index >= 15 is 0 Å². The van der Waals surface area contributed by atoms with E-state index in [0.29, 0.717) is 16.4 Å². The van der Waals surface area contributed by atoms with E-state index in [1.54, 1.807) is 7.05 Å². The average Bonchev–Trinajstić information content (AvgIpc) is 2.39. The minimum absolute atomic E-state index is 0.314. The van der Waals surface area contributed by atoms with E-state index in [9.17, 15) is 9.59 Å². The average molecular weight is 286 g/mol. The second-order valence-electron chi connectivity index (χ2n) is 4.45. The Bertz CT molecular complexity index is 511. The van der Waals surface area contributed by atoms with E-state index in [1.165, 1.54) is 16.4 Å². The lowest BCUT2D eigenvalue weighted by Gasteiger charge is -2.25. The molecule has 0 saturated heterocycles. The zero-order valence-corrected chi connectivity index (χ0v) is 12.7. The van der Waals surface area contributed by atoms with Crippen molar-refractivity contribution in [1.82, 2.24) is 20.1 Å². The van der Waals surface area contributed by atoms with Crippen LogP contribution in [0.25, 0.3) is 0 Å². The van der Waals surface area contributed by atoms with Crippen LogP contribution < -0.4 is 16.4 Å². The zero-order chi connectivity index (χ0) is 14.4. The van der Waals surface area contributed by atoms with Crippen molar-refractivity contribution in [2.45, 2.75) is 49.6 Å². The molecule has 1 heterocycles. The summed E-state index contributed by atoms with van der Waals surface area (Å²) in [6.07, 6.45) is 3.13. The second-order valence-corrected chi connectivity index (χ2v) is 5.65. The normalized spacial score (nSPS) is 14.3. The molecule has 1 rings (SSSR count). The molecule has 2 atom stereocenters. The molecule has 0 saturated carbocycles. The Morgan fingerprint density at radius 1 is 1.42 bits per heavy atom. The molecule has 0 spiro atoms. The van der Waals surface area contributed by atoms with E-state index < -0.39 is 11.1 Å². The third kappa shape index (κ3) is 4.21. The van der Waals surface area contributed by atoms with Crippen molar-refractivity contribution < 1.29 is 0 Å². The molecule has 0 aliphatic rings. The molecule has 1 aromatic heterocycles. The fourth-order valence-electron chi connectivity index (χ4n) is 1.98. The lowest BCUT2D eigenvalue weighted by atomic mass is 10.1. The molecule has 108 valence electrons. The molecule has 19 heavy (non-hydrogen) atoms. The molecule has 0 aliphatic carbocycles. The van der Waals surface area contributed by atoms with Crippen LogP contribution in [0, 0.1) is 0 Å². The quantitative estimate of drug-likeness (QED) is 0.570. The Balaban J connectivity index is 2.95. The highest BCUT2D eigenvalue weighted by molar-refractivity contribution is 7.99. The van der Waals surface area contributed by atoms with Gasteiger partial charge in [-0.15, -0.1) is 0 Å². The number of aryl methyl sites for hydroxylation is 1. The molecule has 0 radical (unpaired) electrons. The summed E-state index contributed by atoms with van der Waals surface area (Å²) in [5.74, 6) is 0. The second kappa shape index (κ2) is 7.49. The summed E-state index contributed by atoms with van der Waals surface area (Å²) in [6.45, 7) is 4.26. The highest BCUT2D eigenvalue weighted by Gasteiger charge is 2.20. The van der Waals surface area contributed by atoms with Crippen LogP contribution in [0.15, 0.2) is 14.7 Å². The Labute approximate surface area is 117 Å². The maximum Gasteiger partial charge on any atom is 0.339 e. The molecular weight excluding hydrogens is 264 g/mol. The van der Waals surface area contributed by atoms with Crippen LogP contribution in [0.4, 0.5) is 0 Å². The molecule has 0 fully saturated rings. The van der Waals surface area contributed by atoms with E-state index in [0.717, 1.165) is 19.3 Å². The van der Waals surface area contributed by atoms with Gasteiger partial charge in [0.2, 0.25) is 0 Å². The first-order valence-electron chi connectivity index (χ1n) is 6.54. The van der Waals surface area contributed by atoms with Crippen molar-refractivity contribution in [2.24, 2.45) is 7.05 Å². The summed E-state index contributed by atoms with van der Waals surface area (Å²) in [5, 5.41) is 6.64. The Morgan fingerprint density at radius 3 is 2.63 bits per heavy atom. The van der Waals surface area contributed by atoms with Gasteiger partial charge in [0.15, 0.2) is 5.16 Å². The molecule has 0 aliphatic heterocycles. The van der Waals surface area contributed by atoms with Crippen molar-refractivity contribution in [3.8, 4) is 0 Å². The monoisotopic (exact) mass is 286 g/mol. The van der Waals surface area contributed by atoms with Crippen LogP contribution in [0.3, 0.4) is 0 Å². The van der Waals surface area contributed by atoms with E-state index in [4.69, 9.17) is 0 Å². The number of hydrogen-bond acceptors (Lipinski definition) is 5. The van der Waals surface area contributed by atoms with Crippen LogP contribution in [-0.4, -0.2) is 33.1 Å². The minimum atomic E-state index is -0.730. The number of aromatic amines is 1. The van der Waals surface area contributed by atoms with Gasteiger partial charge >= 0.3 is 11.1 Å². The third-order valence-corrected chi connectivity index (χ3v) is 4.57. The van der Waals surface area contributed by atoms with Gasteiger partial charge in [-0.25, -0.2) is 0 Å². The Kier molecular flexibility index (Phi) is 6.30. The summed E-state index contributed by atoms with van der Waals surface area (Å²) in [5.41, 5.74) is -1.41. The van der Waals surface area contributed by atoms with E-state index in [1.807, 2.05) is 7.05 Å². The first-order chi connectivity index (χ1) is 9.03. The predicted octanol–water partition coefficient (Wildman–Crippen LogP) is 0.727. The molecule has 0 aromatic carbocycles. The summed E-state index contributed by atoms with van der Waals surface area (Å²) in [4.78, 5) is 26.3. The Hall–Kier alpha value is -1.08. The van der Waals surface area contributed by atoms with Crippen LogP contribution >= 0.6 is 11.8 Å². The number of rotatable bonds is 7. The van der Waals surface area contributed by atoms with Gasteiger partial charge < -0.3 is 5.32 Å². The van der Waals surface area contributed by atoms with Crippen LogP contribution in [0.5, 0.6) is 0 Å². The van der Waals surface area contributed by atoms with Crippen molar-refractivity contribution in [1.29, 1.82) is 0 Å². The first-order valence-corrected chi connectivity index (χ1v) is 7.42. The molecule has 6 nitrogen and oxygen atoms in total. The van der Waals surface area contributed by atoms with Gasteiger partial charge in [0.05, 0.1) is 0 Å². The topological polar surface area (TPSA) is 79.8 Å². The number of aromatic nitrogens is 3. The molecule has 2 N–H and O–H groups in total. The van der Waals surface area contributed by atoms with Crippen LogP contribution in [0.2, 0.25) is 0 Å². The van der Waals surface area contributed by atoms with Crippen LogP contribution in [-0.2, 0) is 7.05 Å². The molecule has 0 bridgehead atoms. The lowest BCUT2D eigenvalue weighted by Crippen LogP contribution is -2.37. The maximum absolute atomic E-state index is 11.3. The summed E-state index contributed by atoms with van der Waals surface area (Å²) in [6, 6.07) is 0.365. The summed E-state index contributed by atoms with van der Waals surface area (Å²) < 4.78 is 1.51. The standard InChI is InChI=1S/C12H22N4O2S/c1-5-7-8(13-3)9(6-2)19-12-14-10(17)11(18)15-16(12)4/h8-9,13H,5-7H2,1-4H3,(H,15,18). The van der Waals surface area contributed by atoms with Gasteiger partial charge in [0.25, 0.3) is 0 Å². The van der Waals surface area contributed by atoms with Gasteiger partial charge in [0.1, 0.15) is 0 Å². The van der Waals surface area contributed by atoms with Gasteiger partial charge in [-0.2, -0.15) is 4.98 Å². The molecule has 7 heteroatoms. The van der Waals surface area contributed by atoms with E-state index in [2.05, 4.69) is 29.2 Å². The highest BCUT2D eigenvalue weighted by atomic mass is 32.2. The fraction of sp³-hybridized carbons (Fsp3) is 0.750. The van der Waals surface area contributed by atoms with Crippen molar-refractivity contribution in [2.75, 3.05) is 7.05 Å². The smallest absolute Gasteiger partial charge is 0.316 e. The summed E-state index contributed by atoms with van der Waals surface area (Å²) in [7, 11) is 3.64. The number of hydrogen-bond donors (Lipinski definition) is 2. The number of nitrogens with zero attached hydrogens (tertiary/aromatic N) is 2. The molecule has 2 unspecified atom stereocenters. The van der Waals surface area contributed by atoms with Gasteiger partial charge in [-0.3, -0.25) is 19.4 Å². The highest BCUT2D eigenvalue weighted by Crippen LogP contribution is 2.26. The van der Waals surface area contributed by atoms with Crippen molar-refractivity contribution in [3.63, 3.8) is 0 Å². The van der Waals surface area contributed by atoms with Crippen LogP contribution in [0.1, 0.15) is 33.1 Å². The van der Waals surface area contributed by atoms with E-state index in [-0.39, 0.29) is 0 Å². The molecular formula is C12H22N4O2S. The molecule has 1 aromatic rings. The molecule has 0 amide bonds. The fourth-order valence-corrected chi connectivity index (χ4v) is 3.19. The van der Waals surface area contributed by atoms with Gasteiger partial charge in [-0.1, -0.05) is 32.0 Å². The summed E-state index contributed by atoms with van der Waals surface area (Å²) >= 11 is 1.53. The largest absolute Gasteiger partial charge is 0.339 e. The number of nitrogens with one attached hydrogen (secondary N) is 2. The lowest BCUT2D eigenvalue weighted by molar-refractivity contribution is 0.487. The first kappa shape index (κ1) is 16.0. The SMILES string of the molecule is CCCC(NC)C(CC)Sc1nc(=O)c(=O)[nH]n1C. The van der Waals surface area contributed by atoms with Crippen molar-refractivity contribution >= 4 is 11.8 Å². The number of H-pyrrole nitrogens is 1. The zero-order valence-electron chi connectivity index (χ0n) is 11.9. The van der Waals surface area contributed by atoms with Gasteiger partial charge in [0, 0.05) is 18.3 Å².